The lowest BCUT2D eigenvalue weighted by molar-refractivity contribution is -0.132. The lowest BCUT2D eigenvalue weighted by Gasteiger charge is -2.06. The normalized spacial score (nSPS) is 11.8. The Labute approximate surface area is 114 Å². The quantitative estimate of drug-likeness (QED) is 0.495. The van der Waals surface area contributed by atoms with Gasteiger partial charge >= 0.3 is 6.18 Å². The van der Waals surface area contributed by atoms with Crippen molar-refractivity contribution >= 4 is 35.6 Å². The average molecular weight is 359 g/mol. The molecular weight excluding hydrogens is 346 g/mol. The van der Waals surface area contributed by atoms with E-state index in [2.05, 4.69) is 10.3 Å². The van der Waals surface area contributed by atoms with Crippen molar-refractivity contribution in [2.45, 2.75) is 12.6 Å². The summed E-state index contributed by atoms with van der Waals surface area (Å²) in [4.78, 5) is 3.57. The van der Waals surface area contributed by atoms with Gasteiger partial charge in [-0.2, -0.15) is 13.2 Å². The fourth-order valence-corrected chi connectivity index (χ4v) is 1.01. The predicted octanol–water partition coefficient (Wildman–Crippen LogP) is 2.98. The van der Waals surface area contributed by atoms with Crippen molar-refractivity contribution in [2.24, 2.45) is 10.7 Å². The lowest BCUT2D eigenvalue weighted by atomic mass is 10.3. The molecule has 0 heterocycles. The van der Waals surface area contributed by atoms with Crippen LogP contribution < -0.4 is 11.1 Å². The third-order valence-electron chi connectivity index (χ3n) is 1.72. The SMILES string of the molecule is I.NC(=NCCC(F)(F)F)Nc1ccccc1. The van der Waals surface area contributed by atoms with E-state index in [0.29, 0.717) is 5.69 Å². The van der Waals surface area contributed by atoms with Crippen molar-refractivity contribution < 1.29 is 13.2 Å². The van der Waals surface area contributed by atoms with Crippen LogP contribution >= 0.6 is 24.0 Å². The standard InChI is InChI=1S/C10H12F3N3.HI/c11-10(12,13)6-7-15-9(14)16-8-4-2-1-3-5-8;/h1-5H,6-7H2,(H3,14,15,16);1H. The molecule has 1 aromatic carbocycles. The number of hydrogen-bond acceptors (Lipinski definition) is 1. The van der Waals surface area contributed by atoms with Crippen molar-refractivity contribution in [3.63, 3.8) is 0 Å². The van der Waals surface area contributed by atoms with Crippen LogP contribution in [0.2, 0.25) is 0 Å². The molecule has 3 nitrogen and oxygen atoms in total. The molecule has 0 radical (unpaired) electrons. The van der Waals surface area contributed by atoms with Crippen molar-refractivity contribution in [1.29, 1.82) is 0 Å². The molecule has 0 saturated carbocycles. The van der Waals surface area contributed by atoms with Crippen molar-refractivity contribution in [2.75, 3.05) is 11.9 Å². The second-order valence-corrected chi connectivity index (χ2v) is 3.12. The second kappa shape index (κ2) is 7.36. The summed E-state index contributed by atoms with van der Waals surface area (Å²) < 4.78 is 35.4. The minimum Gasteiger partial charge on any atom is -0.370 e. The van der Waals surface area contributed by atoms with E-state index < -0.39 is 12.6 Å². The van der Waals surface area contributed by atoms with Gasteiger partial charge in [0.1, 0.15) is 0 Å². The maximum atomic E-state index is 11.8. The highest BCUT2D eigenvalue weighted by atomic mass is 127. The zero-order valence-corrected chi connectivity index (χ0v) is 11.2. The first-order valence-electron chi connectivity index (χ1n) is 4.66. The molecule has 0 aliphatic heterocycles. The first-order valence-corrected chi connectivity index (χ1v) is 4.66. The van der Waals surface area contributed by atoms with Crippen LogP contribution in [-0.2, 0) is 0 Å². The molecule has 0 aromatic heterocycles. The summed E-state index contributed by atoms with van der Waals surface area (Å²) in [5, 5.41) is 2.69. The number of halogens is 4. The van der Waals surface area contributed by atoms with E-state index in [-0.39, 0.29) is 36.5 Å². The van der Waals surface area contributed by atoms with Crippen LogP contribution in [0.25, 0.3) is 0 Å². The third-order valence-corrected chi connectivity index (χ3v) is 1.72. The molecule has 0 aliphatic carbocycles. The Morgan fingerprint density at radius 3 is 2.35 bits per heavy atom. The fourth-order valence-electron chi connectivity index (χ4n) is 1.01. The van der Waals surface area contributed by atoms with E-state index in [4.69, 9.17) is 5.73 Å². The summed E-state index contributed by atoms with van der Waals surface area (Å²) >= 11 is 0. The molecule has 0 spiro atoms. The first-order chi connectivity index (χ1) is 7.47. The molecule has 0 bridgehead atoms. The molecule has 0 atom stereocenters. The van der Waals surface area contributed by atoms with Crippen LogP contribution in [-0.4, -0.2) is 18.7 Å². The zero-order chi connectivity index (χ0) is 12.0. The minimum absolute atomic E-state index is 0. The lowest BCUT2D eigenvalue weighted by Crippen LogP contribution is -2.23. The molecule has 17 heavy (non-hydrogen) atoms. The molecule has 7 heteroatoms. The number of anilines is 1. The van der Waals surface area contributed by atoms with Crippen LogP contribution in [0.4, 0.5) is 18.9 Å². The maximum absolute atomic E-state index is 11.8. The van der Waals surface area contributed by atoms with Crippen LogP contribution in [0, 0.1) is 0 Å². The number of nitrogens with two attached hydrogens (primary N) is 1. The van der Waals surface area contributed by atoms with Gasteiger partial charge in [-0.25, -0.2) is 0 Å². The van der Waals surface area contributed by atoms with Gasteiger partial charge < -0.3 is 11.1 Å². The highest BCUT2D eigenvalue weighted by Crippen LogP contribution is 2.18. The monoisotopic (exact) mass is 359 g/mol. The number of nitrogens with one attached hydrogen (secondary N) is 1. The topological polar surface area (TPSA) is 50.4 Å². The Bertz CT molecular complexity index is 352. The van der Waals surface area contributed by atoms with Gasteiger partial charge in [0, 0.05) is 5.69 Å². The Morgan fingerprint density at radius 2 is 1.82 bits per heavy atom. The Morgan fingerprint density at radius 1 is 1.24 bits per heavy atom. The van der Waals surface area contributed by atoms with Crippen LogP contribution in [0.15, 0.2) is 35.3 Å². The van der Waals surface area contributed by atoms with Crippen LogP contribution in [0.5, 0.6) is 0 Å². The Kier molecular flexibility index (Phi) is 6.93. The minimum atomic E-state index is -4.20. The largest absolute Gasteiger partial charge is 0.390 e. The number of aliphatic imine (C=N–C) groups is 1. The van der Waals surface area contributed by atoms with Crippen LogP contribution in [0.1, 0.15) is 6.42 Å². The number of hydrogen-bond donors (Lipinski definition) is 2. The summed E-state index contributed by atoms with van der Waals surface area (Å²) in [5.74, 6) is -0.0181. The summed E-state index contributed by atoms with van der Waals surface area (Å²) in [6, 6.07) is 8.87. The predicted molar refractivity (Wildman–Crippen MR) is 72.6 cm³/mol. The van der Waals surface area contributed by atoms with Crippen LogP contribution in [0.3, 0.4) is 0 Å². The average Bonchev–Trinajstić information content (AvgIpc) is 2.17. The maximum Gasteiger partial charge on any atom is 0.390 e. The second-order valence-electron chi connectivity index (χ2n) is 3.12. The summed E-state index contributed by atoms with van der Waals surface area (Å²) in [6.07, 6.45) is -5.17. The van der Waals surface area contributed by atoms with Crippen molar-refractivity contribution in [3.8, 4) is 0 Å². The number of benzene rings is 1. The van der Waals surface area contributed by atoms with E-state index in [1.165, 1.54) is 0 Å². The van der Waals surface area contributed by atoms with Gasteiger partial charge in [-0.15, -0.1) is 24.0 Å². The number of nitrogens with zero attached hydrogens (tertiary/aromatic N) is 1. The van der Waals surface area contributed by atoms with Gasteiger partial charge in [0.05, 0.1) is 13.0 Å². The highest BCUT2D eigenvalue weighted by Gasteiger charge is 2.26. The Hall–Kier alpha value is -0.990. The molecular formula is C10H13F3IN3. The molecule has 1 aromatic rings. The third kappa shape index (κ3) is 7.83. The molecule has 0 saturated heterocycles. The smallest absolute Gasteiger partial charge is 0.370 e. The van der Waals surface area contributed by atoms with E-state index in [1.54, 1.807) is 24.3 Å². The zero-order valence-electron chi connectivity index (χ0n) is 8.87. The van der Waals surface area contributed by atoms with E-state index in [9.17, 15) is 13.2 Å². The first kappa shape index (κ1) is 16.0. The molecule has 0 fully saturated rings. The summed E-state index contributed by atoms with van der Waals surface area (Å²) in [7, 11) is 0. The van der Waals surface area contributed by atoms with Gasteiger partial charge in [-0.1, -0.05) is 18.2 Å². The van der Waals surface area contributed by atoms with Gasteiger partial charge in [0.2, 0.25) is 0 Å². The number of rotatable bonds is 3. The molecule has 0 aliphatic rings. The van der Waals surface area contributed by atoms with Crippen molar-refractivity contribution in [3.05, 3.63) is 30.3 Å². The summed E-state index contributed by atoms with van der Waals surface area (Å²) in [5.41, 5.74) is 6.10. The molecule has 96 valence electrons. The molecule has 0 amide bonds. The van der Waals surface area contributed by atoms with E-state index in [1.807, 2.05) is 6.07 Å². The van der Waals surface area contributed by atoms with Gasteiger partial charge in [-0.05, 0) is 12.1 Å². The van der Waals surface area contributed by atoms with Crippen molar-refractivity contribution in [1.82, 2.24) is 0 Å². The van der Waals surface area contributed by atoms with E-state index >= 15 is 0 Å². The fraction of sp³-hybridized carbons (Fsp3) is 0.300. The summed E-state index contributed by atoms with van der Waals surface area (Å²) in [6.45, 7) is -0.366. The van der Waals surface area contributed by atoms with E-state index in [0.717, 1.165) is 0 Å². The number of alkyl halides is 3. The molecule has 3 N–H and O–H groups in total. The number of guanidine groups is 1. The Balaban J connectivity index is 0.00000256. The van der Waals surface area contributed by atoms with Gasteiger partial charge in [-0.3, -0.25) is 4.99 Å². The highest BCUT2D eigenvalue weighted by molar-refractivity contribution is 14.0. The van der Waals surface area contributed by atoms with Gasteiger partial charge in [0.25, 0.3) is 0 Å². The number of para-hydroxylation sites is 1. The molecule has 1 rings (SSSR count). The van der Waals surface area contributed by atoms with Gasteiger partial charge in [0.15, 0.2) is 5.96 Å². The molecule has 0 unspecified atom stereocenters.